The van der Waals surface area contributed by atoms with E-state index in [-0.39, 0.29) is 12.1 Å². The third-order valence-corrected chi connectivity index (χ3v) is 3.03. The van der Waals surface area contributed by atoms with Gasteiger partial charge in [-0.25, -0.2) is 0 Å². The van der Waals surface area contributed by atoms with Crippen LogP contribution in [0.15, 0.2) is 18.2 Å². The molecule has 0 aliphatic carbocycles. The highest BCUT2D eigenvalue weighted by molar-refractivity contribution is 5.31. The molecule has 0 aromatic heterocycles. The first kappa shape index (κ1) is 14.2. The predicted octanol–water partition coefficient (Wildman–Crippen LogP) is 2.62. The van der Waals surface area contributed by atoms with Crippen molar-refractivity contribution in [3.05, 3.63) is 34.9 Å². The fourth-order valence-corrected chi connectivity index (χ4v) is 2.31. The molecule has 3 nitrogen and oxygen atoms in total. The summed E-state index contributed by atoms with van der Waals surface area (Å²) < 4.78 is 5.54. The number of hydrogen-bond donors (Lipinski definition) is 2. The van der Waals surface area contributed by atoms with Crippen molar-refractivity contribution < 1.29 is 4.74 Å². The summed E-state index contributed by atoms with van der Waals surface area (Å²) in [5, 5.41) is 0. The van der Waals surface area contributed by atoms with E-state index < -0.39 is 0 Å². The van der Waals surface area contributed by atoms with Gasteiger partial charge in [0.05, 0.1) is 12.1 Å². The Morgan fingerprint density at radius 1 is 1.24 bits per heavy atom. The lowest BCUT2D eigenvalue weighted by molar-refractivity contribution is 0.0606. The molecule has 1 rings (SSSR count). The first-order chi connectivity index (χ1) is 8.12. The van der Waals surface area contributed by atoms with E-state index in [0.29, 0.717) is 0 Å². The summed E-state index contributed by atoms with van der Waals surface area (Å²) in [6.07, 6.45) is 2.20. The third kappa shape index (κ3) is 3.80. The predicted molar refractivity (Wildman–Crippen MR) is 71.7 cm³/mol. The highest BCUT2D eigenvalue weighted by Gasteiger charge is 2.21. The van der Waals surface area contributed by atoms with Crippen molar-refractivity contribution in [1.82, 2.24) is 5.43 Å². The average molecular weight is 236 g/mol. The van der Waals surface area contributed by atoms with Crippen LogP contribution in [0.2, 0.25) is 0 Å². The quantitative estimate of drug-likeness (QED) is 0.589. The summed E-state index contributed by atoms with van der Waals surface area (Å²) in [7, 11) is 1.74. The van der Waals surface area contributed by atoms with Crippen LogP contribution in [0.25, 0.3) is 0 Å². The lowest BCUT2D eigenvalue weighted by Gasteiger charge is -2.26. The van der Waals surface area contributed by atoms with Gasteiger partial charge in [-0.3, -0.25) is 11.3 Å². The van der Waals surface area contributed by atoms with Gasteiger partial charge in [-0.15, -0.1) is 0 Å². The number of aryl methyl sites for hydroxylation is 2. The normalized spacial score (nSPS) is 14.6. The molecule has 0 saturated heterocycles. The lowest BCUT2D eigenvalue weighted by atomic mass is 9.95. The van der Waals surface area contributed by atoms with Gasteiger partial charge >= 0.3 is 0 Å². The number of hydrazine groups is 1. The zero-order valence-corrected chi connectivity index (χ0v) is 11.3. The minimum Gasteiger partial charge on any atom is -0.379 e. The number of nitrogens with two attached hydrogens (primary N) is 1. The number of ether oxygens (including phenoxy) is 1. The summed E-state index contributed by atoms with van der Waals surface area (Å²) >= 11 is 0. The molecule has 0 heterocycles. The van der Waals surface area contributed by atoms with E-state index in [2.05, 4.69) is 44.4 Å². The Balaban J connectivity index is 2.98. The monoisotopic (exact) mass is 236 g/mol. The molecular weight excluding hydrogens is 212 g/mol. The Morgan fingerprint density at radius 3 is 2.24 bits per heavy atom. The van der Waals surface area contributed by atoms with E-state index in [1.165, 1.54) is 16.7 Å². The molecule has 3 N–H and O–H groups in total. The van der Waals surface area contributed by atoms with Crippen molar-refractivity contribution in [2.75, 3.05) is 7.11 Å². The number of rotatable bonds is 6. The minimum atomic E-state index is 0.0542. The summed E-state index contributed by atoms with van der Waals surface area (Å²) in [5.74, 6) is 5.68. The molecule has 0 aliphatic heterocycles. The van der Waals surface area contributed by atoms with Crippen LogP contribution >= 0.6 is 0 Å². The summed E-state index contributed by atoms with van der Waals surface area (Å²) in [5.41, 5.74) is 6.60. The van der Waals surface area contributed by atoms with Gasteiger partial charge in [-0.05, 0) is 25.8 Å². The maximum atomic E-state index is 5.68. The second kappa shape index (κ2) is 6.74. The van der Waals surface area contributed by atoms with Crippen LogP contribution in [-0.2, 0) is 4.74 Å². The molecule has 1 aromatic rings. The van der Waals surface area contributed by atoms with E-state index in [1.54, 1.807) is 7.11 Å². The van der Waals surface area contributed by atoms with Gasteiger partial charge in [0.2, 0.25) is 0 Å². The summed E-state index contributed by atoms with van der Waals surface area (Å²) in [6.45, 7) is 6.36. The van der Waals surface area contributed by atoms with Gasteiger partial charge < -0.3 is 4.74 Å². The van der Waals surface area contributed by atoms with E-state index in [0.717, 1.165) is 12.8 Å². The lowest BCUT2D eigenvalue weighted by Crippen LogP contribution is -2.37. The van der Waals surface area contributed by atoms with Gasteiger partial charge in [-0.2, -0.15) is 0 Å². The van der Waals surface area contributed by atoms with Gasteiger partial charge in [0.1, 0.15) is 0 Å². The van der Waals surface area contributed by atoms with Gasteiger partial charge in [-0.1, -0.05) is 42.7 Å². The van der Waals surface area contributed by atoms with Crippen LogP contribution in [0.1, 0.15) is 42.5 Å². The molecule has 17 heavy (non-hydrogen) atoms. The summed E-state index contributed by atoms with van der Waals surface area (Å²) in [6, 6.07) is 6.55. The standard InChI is InChI=1S/C14H24N2O/c1-5-6-13(17-4)14(16-15)12-8-10(2)7-11(3)9-12/h7-9,13-14,16H,5-6,15H2,1-4H3. The molecule has 2 atom stereocenters. The first-order valence-corrected chi connectivity index (χ1v) is 6.19. The van der Waals surface area contributed by atoms with Crippen LogP contribution in [0, 0.1) is 13.8 Å². The fourth-order valence-electron chi connectivity index (χ4n) is 2.31. The van der Waals surface area contributed by atoms with E-state index in [4.69, 9.17) is 10.6 Å². The van der Waals surface area contributed by atoms with Crippen molar-refractivity contribution in [1.29, 1.82) is 0 Å². The smallest absolute Gasteiger partial charge is 0.0778 e. The first-order valence-electron chi connectivity index (χ1n) is 6.19. The number of nitrogens with one attached hydrogen (secondary N) is 1. The molecule has 0 aliphatic rings. The second-order valence-electron chi connectivity index (χ2n) is 4.63. The van der Waals surface area contributed by atoms with E-state index in [1.807, 2.05) is 0 Å². The largest absolute Gasteiger partial charge is 0.379 e. The molecule has 0 amide bonds. The average Bonchev–Trinajstić information content (AvgIpc) is 2.27. The van der Waals surface area contributed by atoms with Crippen molar-refractivity contribution in [2.45, 2.75) is 45.8 Å². The van der Waals surface area contributed by atoms with Crippen LogP contribution < -0.4 is 11.3 Å². The van der Waals surface area contributed by atoms with Gasteiger partial charge in [0, 0.05) is 7.11 Å². The summed E-state index contributed by atoms with van der Waals surface area (Å²) in [4.78, 5) is 0. The molecule has 3 heteroatoms. The fraction of sp³-hybridized carbons (Fsp3) is 0.571. The zero-order chi connectivity index (χ0) is 12.8. The van der Waals surface area contributed by atoms with Gasteiger partial charge in [0.15, 0.2) is 0 Å². The molecule has 0 bridgehead atoms. The molecular formula is C14H24N2O. The Bertz CT molecular complexity index is 332. The zero-order valence-electron chi connectivity index (χ0n) is 11.3. The molecule has 0 saturated carbocycles. The molecule has 96 valence electrons. The molecule has 0 fully saturated rings. The highest BCUT2D eigenvalue weighted by atomic mass is 16.5. The van der Waals surface area contributed by atoms with Crippen molar-refractivity contribution in [3.8, 4) is 0 Å². The highest BCUT2D eigenvalue weighted by Crippen LogP contribution is 2.23. The number of methoxy groups -OCH3 is 1. The SMILES string of the molecule is CCCC(OC)C(NN)c1cc(C)cc(C)c1. The molecule has 1 aromatic carbocycles. The van der Waals surface area contributed by atoms with Crippen molar-refractivity contribution >= 4 is 0 Å². The van der Waals surface area contributed by atoms with Crippen molar-refractivity contribution in [3.63, 3.8) is 0 Å². The van der Waals surface area contributed by atoms with Crippen molar-refractivity contribution in [2.24, 2.45) is 5.84 Å². The van der Waals surface area contributed by atoms with E-state index in [9.17, 15) is 0 Å². The van der Waals surface area contributed by atoms with Crippen LogP contribution in [-0.4, -0.2) is 13.2 Å². The maximum Gasteiger partial charge on any atom is 0.0778 e. The Labute approximate surface area is 104 Å². The van der Waals surface area contributed by atoms with E-state index >= 15 is 0 Å². The topological polar surface area (TPSA) is 47.3 Å². The Hall–Kier alpha value is -0.900. The van der Waals surface area contributed by atoms with Crippen LogP contribution in [0.3, 0.4) is 0 Å². The molecule has 0 radical (unpaired) electrons. The minimum absolute atomic E-state index is 0.0542. The van der Waals surface area contributed by atoms with Crippen LogP contribution in [0.5, 0.6) is 0 Å². The van der Waals surface area contributed by atoms with Crippen LogP contribution in [0.4, 0.5) is 0 Å². The second-order valence-corrected chi connectivity index (χ2v) is 4.63. The Kier molecular flexibility index (Phi) is 5.62. The maximum absolute atomic E-state index is 5.68. The number of benzene rings is 1. The molecule has 2 unspecified atom stereocenters. The van der Waals surface area contributed by atoms with Gasteiger partial charge in [0.25, 0.3) is 0 Å². The number of hydrogen-bond acceptors (Lipinski definition) is 3. The third-order valence-electron chi connectivity index (χ3n) is 3.03. The molecule has 0 spiro atoms. The Morgan fingerprint density at radius 2 is 1.82 bits per heavy atom.